The zero-order chi connectivity index (χ0) is 12.9. The molecular weight excluding hydrogens is 240 g/mol. The maximum Gasteiger partial charge on any atom is 0.213 e. The molecule has 1 atom stereocenters. The Labute approximate surface area is 104 Å². The summed E-state index contributed by atoms with van der Waals surface area (Å²) < 4.78 is 24.4. The zero-order valence-corrected chi connectivity index (χ0v) is 11.6. The third-order valence-corrected chi connectivity index (χ3v) is 5.21. The molecular formula is C11H24N2O3S. The van der Waals surface area contributed by atoms with Crippen molar-refractivity contribution in [3.05, 3.63) is 0 Å². The molecule has 0 aliphatic carbocycles. The van der Waals surface area contributed by atoms with E-state index in [1.165, 1.54) is 4.31 Å². The molecule has 0 aromatic heterocycles. The van der Waals surface area contributed by atoms with Crippen molar-refractivity contribution in [2.75, 3.05) is 46.1 Å². The molecule has 1 fully saturated rings. The van der Waals surface area contributed by atoms with Crippen LogP contribution in [-0.2, 0) is 10.0 Å². The Balaban J connectivity index is 2.27. The van der Waals surface area contributed by atoms with E-state index in [2.05, 4.69) is 4.90 Å². The van der Waals surface area contributed by atoms with Gasteiger partial charge in [-0.3, -0.25) is 0 Å². The van der Waals surface area contributed by atoms with Gasteiger partial charge in [0, 0.05) is 27.2 Å². The van der Waals surface area contributed by atoms with Gasteiger partial charge in [0.1, 0.15) is 0 Å². The first-order valence-corrected chi connectivity index (χ1v) is 7.80. The Morgan fingerprint density at radius 1 is 1.41 bits per heavy atom. The lowest BCUT2D eigenvalue weighted by molar-refractivity contribution is 0.121. The van der Waals surface area contributed by atoms with Crippen molar-refractivity contribution >= 4 is 10.0 Å². The second kappa shape index (κ2) is 6.68. The summed E-state index contributed by atoms with van der Waals surface area (Å²) in [5.41, 5.74) is 0. The lowest BCUT2D eigenvalue weighted by Gasteiger charge is -2.31. The van der Waals surface area contributed by atoms with Gasteiger partial charge in [-0.2, -0.15) is 0 Å². The average Bonchev–Trinajstić information content (AvgIpc) is 2.29. The summed E-state index contributed by atoms with van der Waals surface area (Å²) in [5, 5.41) is 9.11. The molecule has 0 radical (unpaired) electrons. The zero-order valence-electron chi connectivity index (χ0n) is 10.8. The maximum atomic E-state index is 11.6. The molecule has 0 aromatic carbocycles. The number of aliphatic hydroxyl groups is 1. The third kappa shape index (κ3) is 4.91. The largest absolute Gasteiger partial charge is 0.396 e. The van der Waals surface area contributed by atoms with Crippen molar-refractivity contribution in [2.45, 2.75) is 19.3 Å². The topological polar surface area (TPSA) is 60.9 Å². The second-order valence-corrected chi connectivity index (χ2v) is 7.25. The molecule has 0 bridgehead atoms. The van der Waals surface area contributed by atoms with Crippen LogP contribution in [0.2, 0.25) is 0 Å². The smallest absolute Gasteiger partial charge is 0.213 e. The quantitative estimate of drug-likeness (QED) is 0.732. The van der Waals surface area contributed by atoms with Crippen LogP contribution in [-0.4, -0.2) is 68.8 Å². The molecule has 0 saturated carbocycles. The molecule has 17 heavy (non-hydrogen) atoms. The van der Waals surface area contributed by atoms with Gasteiger partial charge in [0.05, 0.1) is 5.75 Å². The molecule has 1 unspecified atom stereocenters. The van der Waals surface area contributed by atoms with Crippen LogP contribution in [0.15, 0.2) is 0 Å². The molecule has 1 heterocycles. The van der Waals surface area contributed by atoms with E-state index in [0.717, 1.165) is 32.5 Å². The standard InChI is InChI=1S/C11H24N2O3S/c1-12(2)17(15,16)8-4-7-13-6-3-5-11(9-13)10-14/h11,14H,3-10H2,1-2H3. The van der Waals surface area contributed by atoms with Gasteiger partial charge in [-0.05, 0) is 38.3 Å². The predicted molar refractivity (Wildman–Crippen MR) is 68.3 cm³/mol. The minimum Gasteiger partial charge on any atom is -0.396 e. The second-order valence-electron chi connectivity index (χ2n) is 4.94. The number of nitrogens with zero attached hydrogens (tertiary/aromatic N) is 2. The van der Waals surface area contributed by atoms with Gasteiger partial charge in [-0.15, -0.1) is 0 Å². The molecule has 0 amide bonds. The minimum absolute atomic E-state index is 0.209. The van der Waals surface area contributed by atoms with Crippen molar-refractivity contribution in [3.63, 3.8) is 0 Å². The summed E-state index contributed by atoms with van der Waals surface area (Å²) in [7, 11) is 0.0741. The molecule has 1 saturated heterocycles. The highest BCUT2D eigenvalue weighted by atomic mass is 32.2. The summed E-state index contributed by atoms with van der Waals surface area (Å²) in [6.45, 7) is 2.98. The van der Waals surface area contributed by atoms with Crippen LogP contribution in [0.4, 0.5) is 0 Å². The lowest BCUT2D eigenvalue weighted by Crippen LogP contribution is -2.38. The highest BCUT2D eigenvalue weighted by Gasteiger charge is 2.20. The maximum absolute atomic E-state index is 11.6. The van der Waals surface area contributed by atoms with E-state index in [-0.39, 0.29) is 12.4 Å². The van der Waals surface area contributed by atoms with Crippen molar-refractivity contribution in [2.24, 2.45) is 5.92 Å². The first-order valence-electron chi connectivity index (χ1n) is 6.19. The van der Waals surface area contributed by atoms with E-state index >= 15 is 0 Å². The summed E-state index contributed by atoms with van der Waals surface area (Å²) in [6, 6.07) is 0. The van der Waals surface area contributed by atoms with Crippen LogP contribution >= 0.6 is 0 Å². The Morgan fingerprint density at radius 3 is 2.71 bits per heavy atom. The van der Waals surface area contributed by atoms with E-state index in [0.29, 0.717) is 12.3 Å². The van der Waals surface area contributed by atoms with Crippen molar-refractivity contribution in [3.8, 4) is 0 Å². The summed E-state index contributed by atoms with van der Waals surface area (Å²) in [6.07, 6.45) is 2.85. The number of hydrogen-bond acceptors (Lipinski definition) is 4. The third-order valence-electron chi connectivity index (χ3n) is 3.29. The highest BCUT2D eigenvalue weighted by molar-refractivity contribution is 7.89. The Bertz CT molecular complexity index is 317. The fourth-order valence-electron chi connectivity index (χ4n) is 2.16. The van der Waals surface area contributed by atoms with Crippen LogP contribution in [0.5, 0.6) is 0 Å². The molecule has 5 nitrogen and oxygen atoms in total. The van der Waals surface area contributed by atoms with Gasteiger partial charge >= 0.3 is 0 Å². The first-order chi connectivity index (χ1) is 7.95. The number of hydrogen-bond donors (Lipinski definition) is 1. The number of likely N-dealkylation sites (tertiary alicyclic amines) is 1. The van der Waals surface area contributed by atoms with E-state index in [1.54, 1.807) is 14.1 Å². The fraction of sp³-hybridized carbons (Fsp3) is 1.00. The monoisotopic (exact) mass is 264 g/mol. The highest BCUT2D eigenvalue weighted by Crippen LogP contribution is 2.15. The Kier molecular flexibility index (Phi) is 5.85. The van der Waals surface area contributed by atoms with Gasteiger partial charge in [0.25, 0.3) is 0 Å². The summed E-state index contributed by atoms with van der Waals surface area (Å²) in [4.78, 5) is 2.26. The van der Waals surface area contributed by atoms with E-state index in [9.17, 15) is 8.42 Å². The number of rotatable bonds is 6. The van der Waals surface area contributed by atoms with E-state index in [1.807, 2.05) is 0 Å². The summed E-state index contributed by atoms with van der Waals surface area (Å²) in [5.74, 6) is 0.578. The molecule has 0 aromatic rings. The van der Waals surface area contributed by atoms with Crippen LogP contribution in [0, 0.1) is 5.92 Å². The van der Waals surface area contributed by atoms with Crippen molar-refractivity contribution in [1.82, 2.24) is 9.21 Å². The summed E-state index contributed by atoms with van der Waals surface area (Å²) >= 11 is 0. The Morgan fingerprint density at radius 2 is 2.12 bits per heavy atom. The van der Waals surface area contributed by atoms with E-state index < -0.39 is 10.0 Å². The molecule has 1 N–H and O–H groups in total. The SMILES string of the molecule is CN(C)S(=O)(=O)CCCN1CCCC(CO)C1. The predicted octanol–water partition coefficient (Wildman–Crippen LogP) is -0.0278. The van der Waals surface area contributed by atoms with E-state index in [4.69, 9.17) is 5.11 Å². The Hall–Kier alpha value is -0.170. The number of piperidine rings is 1. The van der Waals surface area contributed by atoms with Gasteiger partial charge in [-0.25, -0.2) is 12.7 Å². The average molecular weight is 264 g/mol. The number of sulfonamides is 1. The molecule has 1 aliphatic heterocycles. The number of aliphatic hydroxyl groups excluding tert-OH is 1. The first kappa shape index (κ1) is 14.9. The molecule has 6 heteroatoms. The minimum atomic E-state index is -3.06. The van der Waals surface area contributed by atoms with Crippen LogP contribution in [0.1, 0.15) is 19.3 Å². The van der Waals surface area contributed by atoms with Gasteiger partial charge < -0.3 is 10.0 Å². The molecule has 1 rings (SSSR count). The van der Waals surface area contributed by atoms with Crippen molar-refractivity contribution in [1.29, 1.82) is 0 Å². The van der Waals surface area contributed by atoms with Crippen molar-refractivity contribution < 1.29 is 13.5 Å². The normalized spacial score (nSPS) is 23.2. The van der Waals surface area contributed by atoms with Crippen LogP contribution in [0.25, 0.3) is 0 Å². The van der Waals surface area contributed by atoms with Gasteiger partial charge in [0.2, 0.25) is 10.0 Å². The molecule has 102 valence electrons. The van der Waals surface area contributed by atoms with Gasteiger partial charge in [0.15, 0.2) is 0 Å². The lowest BCUT2D eigenvalue weighted by atomic mass is 9.99. The molecule has 0 spiro atoms. The van der Waals surface area contributed by atoms with Crippen LogP contribution < -0.4 is 0 Å². The fourth-order valence-corrected chi connectivity index (χ4v) is 3.02. The molecule has 1 aliphatic rings. The van der Waals surface area contributed by atoms with Gasteiger partial charge in [-0.1, -0.05) is 0 Å². The van der Waals surface area contributed by atoms with Crippen LogP contribution in [0.3, 0.4) is 0 Å².